The molecule has 5 nitrogen and oxygen atoms in total. The minimum absolute atomic E-state index is 0.354. The van der Waals surface area contributed by atoms with Crippen molar-refractivity contribution >= 4 is 21.5 Å². The molecule has 0 saturated heterocycles. The van der Waals surface area contributed by atoms with Gasteiger partial charge in [0.25, 0.3) is 10.1 Å². The third-order valence-electron chi connectivity index (χ3n) is 3.20. The van der Waals surface area contributed by atoms with Crippen LogP contribution in [0.15, 0.2) is 18.2 Å². The van der Waals surface area contributed by atoms with Gasteiger partial charge < -0.3 is 11.5 Å². The monoisotopic (exact) mass is 286 g/mol. The topological polar surface area (TPSA) is 106 Å². The van der Waals surface area contributed by atoms with Crippen molar-refractivity contribution in [3.63, 3.8) is 0 Å². The highest BCUT2D eigenvalue weighted by Crippen LogP contribution is 2.21. The van der Waals surface area contributed by atoms with Crippen LogP contribution in [0, 0.1) is 0 Å². The summed E-state index contributed by atoms with van der Waals surface area (Å²) < 4.78 is 31.8. The number of nitrogen functional groups attached to an aromatic ring is 2. The Balaban J connectivity index is 2.73. The fourth-order valence-corrected chi connectivity index (χ4v) is 2.91. The fraction of sp³-hybridized carbons (Fsp3) is 0.538. The first-order valence-corrected chi connectivity index (χ1v) is 7.95. The molecular formula is C13H22N2O3S. The van der Waals surface area contributed by atoms with Gasteiger partial charge >= 0.3 is 0 Å². The average Bonchev–Trinajstić information content (AvgIpc) is 2.31. The van der Waals surface area contributed by atoms with E-state index in [9.17, 15) is 13.0 Å². The molecule has 6 heteroatoms. The molecule has 0 bridgehead atoms. The quantitative estimate of drug-likeness (QED) is 0.526. The van der Waals surface area contributed by atoms with Crippen LogP contribution in [-0.2, 0) is 16.5 Å². The molecule has 1 unspecified atom stereocenters. The van der Waals surface area contributed by atoms with E-state index in [1.807, 2.05) is 6.92 Å². The van der Waals surface area contributed by atoms with Gasteiger partial charge in [-0.15, -0.1) is 0 Å². The van der Waals surface area contributed by atoms with Crippen molar-refractivity contribution in [2.75, 3.05) is 11.5 Å². The number of aryl methyl sites for hydroxylation is 1. The zero-order chi connectivity index (χ0) is 14.5. The number of anilines is 2. The molecule has 0 fully saturated rings. The molecule has 5 N–H and O–H groups in total. The lowest BCUT2D eigenvalue weighted by Gasteiger charge is -2.14. The van der Waals surface area contributed by atoms with E-state index in [0.717, 1.165) is 18.4 Å². The molecule has 0 aliphatic heterocycles. The van der Waals surface area contributed by atoms with Crippen LogP contribution in [0.3, 0.4) is 0 Å². The maximum atomic E-state index is 11.3. The highest BCUT2D eigenvalue weighted by atomic mass is 32.2. The summed E-state index contributed by atoms with van der Waals surface area (Å²) in [4.78, 5) is 0. The van der Waals surface area contributed by atoms with Crippen molar-refractivity contribution < 1.29 is 13.0 Å². The second-order valence-electron chi connectivity index (χ2n) is 4.78. The van der Waals surface area contributed by atoms with Crippen molar-refractivity contribution in [2.24, 2.45) is 0 Å². The summed E-state index contributed by atoms with van der Waals surface area (Å²) in [7, 11) is -4.00. The molecule has 1 rings (SSSR count). The van der Waals surface area contributed by atoms with Crippen molar-refractivity contribution in [1.82, 2.24) is 0 Å². The molecular weight excluding hydrogens is 264 g/mol. The number of rotatable bonds is 7. The fourth-order valence-electron chi connectivity index (χ4n) is 2.03. The van der Waals surface area contributed by atoms with Gasteiger partial charge in [0.15, 0.2) is 0 Å². The second-order valence-corrected chi connectivity index (χ2v) is 6.47. The maximum Gasteiger partial charge on any atom is 0.267 e. The SMILES string of the molecule is CCCCC(CCc1cc(N)ccc1N)S(=O)(=O)O. The summed E-state index contributed by atoms with van der Waals surface area (Å²) in [5, 5.41) is -0.728. The van der Waals surface area contributed by atoms with Gasteiger partial charge in [-0.3, -0.25) is 4.55 Å². The van der Waals surface area contributed by atoms with Gasteiger partial charge in [-0.05, 0) is 43.0 Å². The Morgan fingerprint density at radius 3 is 2.53 bits per heavy atom. The van der Waals surface area contributed by atoms with Crippen LogP contribution in [0.25, 0.3) is 0 Å². The molecule has 1 aromatic rings. The van der Waals surface area contributed by atoms with Gasteiger partial charge in [0, 0.05) is 11.4 Å². The van der Waals surface area contributed by atoms with Crippen LogP contribution in [0.5, 0.6) is 0 Å². The second kappa shape index (κ2) is 6.77. The number of nitrogens with two attached hydrogens (primary N) is 2. The molecule has 1 atom stereocenters. The van der Waals surface area contributed by atoms with Crippen molar-refractivity contribution in [1.29, 1.82) is 0 Å². The molecule has 108 valence electrons. The molecule has 0 saturated carbocycles. The summed E-state index contributed by atoms with van der Waals surface area (Å²) in [6, 6.07) is 5.16. The van der Waals surface area contributed by atoms with E-state index in [0.29, 0.717) is 30.6 Å². The van der Waals surface area contributed by atoms with Crippen LogP contribution in [0.2, 0.25) is 0 Å². The molecule has 0 aliphatic carbocycles. The number of hydrogen-bond donors (Lipinski definition) is 3. The van der Waals surface area contributed by atoms with E-state index in [-0.39, 0.29) is 0 Å². The first-order valence-electron chi connectivity index (χ1n) is 6.44. The normalized spacial score (nSPS) is 13.4. The van der Waals surface area contributed by atoms with Gasteiger partial charge in [-0.1, -0.05) is 19.8 Å². The minimum Gasteiger partial charge on any atom is -0.399 e. The highest BCUT2D eigenvalue weighted by molar-refractivity contribution is 7.86. The molecule has 1 aromatic carbocycles. The largest absolute Gasteiger partial charge is 0.399 e. The summed E-state index contributed by atoms with van der Waals surface area (Å²) in [5.74, 6) is 0. The smallest absolute Gasteiger partial charge is 0.267 e. The zero-order valence-electron chi connectivity index (χ0n) is 11.2. The van der Waals surface area contributed by atoms with Crippen LogP contribution >= 0.6 is 0 Å². The molecule has 0 aliphatic rings. The van der Waals surface area contributed by atoms with Gasteiger partial charge in [-0.2, -0.15) is 8.42 Å². The standard InChI is InChI=1S/C13H22N2O3S/c1-2-3-4-12(19(16,17)18)7-5-10-9-11(14)6-8-13(10)15/h6,8-9,12H,2-5,7,14-15H2,1H3,(H,16,17,18). The third-order valence-corrected chi connectivity index (χ3v) is 4.52. The van der Waals surface area contributed by atoms with Gasteiger partial charge in [-0.25, -0.2) is 0 Å². The number of hydrogen-bond acceptors (Lipinski definition) is 4. The van der Waals surface area contributed by atoms with Crippen LogP contribution in [0.4, 0.5) is 11.4 Å². The lowest BCUT2D eigenvalue weighted by molar-refractivity contribution is 0.452. The Labute approximate surface area is 114 Å². The minimum atomic E-state index is -4.00. The van der Waals surface area contributed by atoms with Crippen LogP contribution in [-0.4, -0.2) is 18.2 Å². The average molecular weight is 286 g/mol. The lowest BCUT2D eigenvalue weighted by atomic mass is 10.0. The molecule has 0 heterocycles. The van der Waals surface area contributed by atoms with Gasteiger partial charge in [0.1, 0.15) is 0 Å². The first-order chi connectivity index (χ1) is 8.84. The first kappa shape index (κ1) is 15.8. The molecule has 0 radical (unpaired) electrons. The van der Waals surface area contributed by atoms with E-state index >= 15 is 0 Å². The summed E-state index contributed by atoms with van der Waals surface area (Å²) in [6.07, 6.45) is 2.98. The number of unbranched alkanes of at least 4 members (excludes halogenated alkanes) is 1. The molecule has 0 spiro atoms. The van der Waals surface area contributed by atoms with E-state index in [4.69, 9.17) is 11.5 Å². The summed E-state index contributed by atoms with van der Waals surface area (Å²) >= 11 is 0. The van der Waals surface area contributed by atoms with E-state index in [2.05, 4.69) is 0 Å². The van der Waals surface area contributed by atoms with Crippen molar-refractivity contribution in [2.45, 2.75) is 44.3 Å². The maximum absolute atomic E-state index is 11.3. The zero-order valence-corrected chi connectivity index (χ0v) is 12.0. The van der Waals surface area contributed by atoms with Gasteiger partial charge in [0.2, 0.25) is 0 Å². The van der Waals surface area contributed by atoms with Crippen molar-refractivity contribution in [3.05, 3.63) is 23.8 Å². The third kappa shape index (κ3) is 5.08. The van der Waals surface area contributed by atoms with Crippen molar-refractivity contribution in [3.8, 4) is 0 Å². The Kier molecular flexibility index (Phi) is 5.62. The predicted molar refractivity (Wildman–Crippen MR) is 78.4 cm³/mol. The van der Waals surface area contributed by atoms with E-state index < -0.39 is 15.4 Å². The predicted octanol–water partition coefficient (Wildman–Crippen LogP) is 2.23. The Hall–Kier alpha value is -1.27. The molecule has 19 heavy (non-hydrogen) atoms. The van der Waals surface area contributed by atoms with Crippen LogP contribution in [0.1, 0.15) is 38.2 Å². The molecule has 0 aromatic heterocycles. The number of benzene rings is 1. The van der Waals surface area contributed by atoms with E-state index in [1.165, 1.54) is 0 Å². The highest BCUT2D eigenvalue weighted by Gasteiger charge is 2.22. The van der Waals surface area contributed by atoms with Crippen LogP contribution < -0.4 is 11.5 Å². The van der Waals surface area contributed by atoms with E-state index in [1.54, 1.807) is 18.2 Å². The Morgan fingerprint density at radius 1 is 1.26 bits per heavy atom. The Bertz CT molecular complexity index is 515. The lowest BCUT2D eigenvalue weighted by Crippen LogP contribution is -2.21. The summed E-state index contributed by atoms with van der Waals surface area (Å²) in [5.41, 5.74) is 13.5. The Morgan fingerprint density at radius 2 is 1.95 bits per heavy atom. The molecule has 0 amide bonds. The van der Waals surface area contributed by atoms with Gasteiger partial charge in [0.05, 0.1) is 5.25 Å². The summed E-state index contributed by atoms with van der Waals surface area (Å²) in [6.45, 7) is 1.98.